The molecular formula is C18H24FNO3. The molecule has 1 saturated carbocycles. The van der Waals surface area contributed by atoms with Gasteiger partial charge in [-0.05, 0) is 62.4 Å². The molecule has 0 radical (unpaired) electrons. The first-order valence-electron chi connectivity index (χ1n) is 8.34. The van der Waals surface area contributed by atoms with Crippen molar-refractivity contribution in [3.05, 3.63) is 35.6 Å². The number of nitrogens with zero attached hydrogens (tertiary/aromatic N) is 1. The van der Waals surface area contributed by atoms with Crippen molar-refractivity contribution in [3.63, 3.8) is 0 Å². The Morgan fingerprint density at radius 3 is 2.48 bits per heavy atom. The number of benzene rings is 1. The Balaban J connectivity index is 1.56. The molecule has 5 heteroatoms. The third-order valence-corrected chi connectivity index (χ3v) is 5.37. The molecule has 0 spiro atoms. The second-order valence-corrected chi connectivity index (χ2v) is 6.69. The van der Waals surface area contributed by atoms with Gasteiger partial charge in [0.2, 0.25) is 0 Å². The quantitative estimate of drug-likeness (QED) is 0.868. The summed E-state index contributed by atoms with van der Waals surface area (Å²) in [4.78, 5) is 14.0. The average molecular weight is 321 g/mol. The fourth-order valence-electron chi connectivity index (χ4n) is 4.04. The second kappa shape index (κ2) is 6.97. The molecule has 1 N–H and O–H groups in total. The van der Waals surface area contributed by atoms with E-state index in [1.807, 2.05) is 12.1 Å². The fourth-order valence-corrected chi connectivity index (χ4v) is 4.04. The topological polar surface area (TPSA) is 49.8 Å². The SMILES string of the molecule is COC(=O)C1CC(O)C(N2CCC(c3ccc(F)cc3)CC2)C1. The summed E-state index contributed by atoms with van der Waals surface area (Å²) in [6.07, 6.45) is 2.71. The standard InChI is InChI=1S/C18H24FNO3/c1-23-18(22)14-10-16(17(21)11-14)20-8-6-13(7-9-20)12-2-4-15(19)5-3-12/h2-5,13-14,16-17,21H,6-11H2,1H3. The van der Waals surface area contributed by atoms with E-state index in [4.69, 9.17) is 4.74 Å². The Morgan fingerprint density at radius 1 is 1.22 bits per heavy atom. The molecule has 1 saturated heterocycles. The lowest BCUT2D eigenvalue weighted by molar-refractivity contribution is -0.145. The van der Waals surface area contributed by atoms with Gasteiger partial charge in [0.05, 0.1) is 19.1 Å². The Labute approximate surface area is 136 Å². The molecule has 23 heavy (non-hydrogen) atoms. The molecule has 1 aliphatic carbocycles. The molecule has 1 heterocycles. The Morgan fingerprint density at radius 2 is 1.87 bits per heavy atom. The number of hydrogen-bond acceptors (Lipinski definition) is 4. The molecule has 0 amide bonds. The van der Waals surface area contributed by atoms with Crippen LogP contribution in [-0.2, 0) is 9.53 Å². The van der Waals surface area contributed by atoms with E-state index in [0.717, 1.165) is 25.9 Å². The van der Waals surface area contributed by atoms with Gasteiger partial charge in [-0.25, -0.2) is 4.39 Å². The van der Waals surface area contributed by atoms with Crippen LogP contribution >= 0.6 is 0 Å². The van der Waals surface area contributed by atoms with Crippen LogP contribution in [0, 0.1) is 11.7 Å². The first kappa shape index (κ1) is 16.4. The molecule has 3 atom stereocenters. The second-order valence-electron chi connectivity index (χ2n) is 6.69. The van der Waals surface area contributed by atoms with Crippen molar-refractivity contribution in [2.24, 2.45) is 5.92 Å². The normalized spacial score (nSPS) is 29.6. The van der Waals surface area contributed by atoms with Gasteiger partial charge in [0.25, 0.3) is 0 Å². The highest BCUT2D eigenvalue weighted by Crippen LogP contribution is 2.35. The van der Waals surface area contributed by atoms with Crippen LogP contribution in [0.1, 0.15) is 37.2 Å². The number of methoxy groups -OCH3 is 1. The number of halogens is 1. The highest BCUT2D eigenvalue weighted by atomic mass is 19.1. The monoisotopic (exact) mass is 321 g/mol. The van der Waals surface area contributed by atoms with Crippen molar-refractivity contribution >= 4 is 5.97 Å². The minimum absolute atomic E-state index is 0.0493. The Bertz CT molecular complexity index is 540. The molecule has 1 aromatic rings. The highest BCUT2D eigenvalue weighted by molar-refractivity contribution is 5.72. The van der Waals surface area contributed by atoms with Gasteiger partial charge in [-0.3, -0.25) is 9.69 Å². The molecule has 4 nitrogen and oxygen atoms in total. The van der Waals surface area contributed by atoms with Gasteiger partial charge in [-0.1, -0.05) is 12.1 Å². The smallest absolute Gasteiger partial charge is 0.308 e. The van der Waals surface area contributed by atoms with Gasteiger partial charge in [-0.2, -0.15) is 0 Å². The zero-order chi connectivity index (χ0) is 16.4. The molecule has 2 aliphatic rings. The zero-order valence-corrected chi connectivity index (χ0v) is 13.5. The lowest BCUT2D eigenvalue weighted by Crippen LogP contribution is -2.44. The van der Waals surface area contributed by atoms with Gasteiger partial charge >= 0.3 is 5.97 Å². The van der Waals surface area contributed by atoms with Crippen molar-refractivity contribution in [3.8, 4) is 0 Å². The van der Waals surface area contributed by atoms with E-state index in [1.54, 1.807) is 0 Å². The molecule has 1 aromatic carbocycles. The lowest BCUT2D eigenvalue weighted by Gasteiger charge is -2.37. The maximum Gasteiger partial charge on any atom is 0.308 e. The summed E-state index contributed by atoms with van der Waals surface area (Å²) >= 11 is 0. The van der Waals surface area contributed by atoms with Crippen LogP contribution < -0.4 is 0 Å². The number of aliphatic hydroxyl groups excluding tert-OH is 1. The predicted octanol–water partition coefficient (Wildman–Crippen LogP) is 2.32. The molecule has 3 rings (SSSR count). The molecule has 3 unspecified atom stereocenters. The van der Waals surface area contributed by atoms with Crippen LogP contribution in [0.15, 0.2) is 24.3 Å². The van der Waals surface area contributed by atoms with E-state index >= 15 is 0 Å². The van der Waals surface area contributed by atoms with Crippen LogP contribution in [0.2, 0.25) is 0 Å². The molecule has 0 aromatic heterocycles. The van der Waals surface area contributed by atoms with E-state index in [-0.39, 0.29) is 23.7 Å². The van der Waals surface area contributed by atoms with E-state index in [0.29, 0.717) is 18.8 Å². The number of ether oxygens (including phenoxy) is 1. The van der Waals surface area contributed by atoms with Crippen LogP contribution in [0.25, 0.3) is 0 Å². The summed E-state index contributed by atoms with van der Waals surface area (Å²) < 4.78 is 17.8. The van der Waals surface area contributed by atoms with Crippen molar-refractivity contribution in [2.75, 3.05) is 20.2 Å². The number of rotatable bonds is 3. The third-order valence-electron chi connectivity index (χ3n) is 5.37. The Hall–Kier alpha value is -1.46. The predicted molar refractivity (Wildman–Crippen MR) is 84.5 cm³/mol. The van der Waals surface area contributed by atoms with E-state index in [2.05, 4.69) is 4.90 Å². The molecular weight excluding hydrogens is 297 g/mol. The van der Waals surface area contributed by atoms with Gasteiger partial charge in [0, 0.05) is 6.04 Å². The zero-order valence-electron chi connectivity index (χ0n) is 13.5. The summed E-state index contributed by atoms with van der Waals surface area (Å²) in [6, 6.07) is 6.82. The van der Waals surface area contributed by atoms with Crippen LogP contribution in [-0.4, -0.2) is 48.3 Å². The minimum Gasteiger partial charge on any atom is -0.469 e. The number of carbonyl (C=O) groups excluding carboxylic acids is 1. The molecule has 2 fully saturated rings. The molecule has 126 valence electrons. The van der Waals surface area contributed by atoms with Crippen LogP contribution in [0.4, 0.5) is 4.39 Å². The van der Waals surface area contributed by atoms with Gasteiger partial charge in [0.1, 0.15) is 5.82 Å². The summed E-state index contributed by atoms with van der Waals surface area (Å²) in [5.41, 5.74) is 1.19. The number of hydrogen-bond donors (Lipinski definition) is 1. The minimum atomic E-state index is -0.457. The largest absolute Gasteiger partial charge is 0.469 e. The third kappa shape index (κ3) is 3.56. The van der Waals surface area contributed by atoms with Crippen molar-refractivity contribution in [2.45, 2.75) is 43.7 Å². The highest BCUT2D eigenvalue weighted by Gasteiger charge is 2.41. The maximum atomic E-state index is 13.0. The van der Waals surface area contributed by atoms with Crippen LogP contribution in [0.3, 0.4) is 0 Å². The lowest BCUT2D eigenvalue weighted by atomic mass is 9.88. The van der Waals surface area contributed by atoms with Crippen molar-refractivity contribution in [1.29, 1.82) is 0 Å². The average Bonchev–Trinajstić information content (AvgIpc) is 2.97. The first-order chi connectivity index (χ1) is 11.1. The van der Waals surface area contributed by atoms with Gasteiger partial charge < -0.3 is 9.84 Å². The summed E-state index contributed by atoms with van der Waals surface area (Å²) in [7, 11) is 1.40. The number of carbonyl (C=O) groups is 1. The number of aliphatic hydroxyl groups is 1. The van der Waals surface area contributed by atoms with E-state index in [9.17, 15) is 14.3 Å². The van der Waals surface area contributed by atoms with Gasteiger partial charge in [0.15, 0.2) is 0 Å². The van der Waals surface area contributed by atoms with Crippen molar-refractivity contribution in [1.82, 2.24) is 4.90 Å². The maximum absolute atomic E-state index is 13.0. The molecule has 0 bridgehead atoms. The van der Waals surface area contributed by atoms with E-state index in [1.165, 1.54) is 24.8 Å². The summed E-state index contributed by atoms with van der Waals surface area (Å²) in [5.74, 6) is -0.154. The van der Waals surface area contributed by atoms with Crippen LogP contribution in [0.5, 0.6) is 0 Å². The first-order valence-corrected chi connectivity index (χ1v) is 8.34. The van der Waals surface area contributed by atoms with Crippen molar-refractivity contribution < 1.29 is 19.0 Å². The summed E-state index contributed by atoms with van der Waals surface area (Å²) in [5, 5.41) is 10.3. The number of likely N-dealkylation sites (tertiary alicyclic amines) is 1. The summed E-state index contributed by atoms with van der Waals surface area (Å²) in [6.45, 7) is 1.80. The fraction of sp³-hybridized carbons (Fsp3) is 0.611. The number of piperidine rings is 1. The number of esters is 1. The molecule has 1 aliphatic heterocycles. The van der Waals surface area contributed by atoms with Gasteiger partial charge in [-0.15, -0.1) is 0 Å². The Kier molecular flexibility index (Phi) is 4.97. The van der Waals surface area contributed by atoms with E-state index < -0.39 is 6.10 Å².